The first kappa shape index (κ1) is 22.0. The normalized spacial score (nSPS) is 15.7. The van der Waals surface area contributed by atoms with Gasteiger partial charge in [-0.25, -0.2) is 8.42 Å². The summed E-state index contributed by atoms with van der Waals surface area (Å²) in [6.07, 6.45) is -0.238. The van der Waals surface area contributed by atoms with Crippen LogP contribution in [0.15, 0.2) is 46.2 Å². The van der Waals surface area contributed by atoms with Crippen molar-refractivity contribution in [2.24, 2.45) is 0 Å². The van der Waals surface area contributed by atoms with Gasteiger partial charge in [-0.15, -0.1) is 11.8 Å². The first-order valence-electron chi connectivity index (χ1n) is 9.09. The van der Waals surface area contributed by atoms with E-state index < -0.39 is 15.7 Å². The minimum absolute atomic E-state index is 0.0588. The van der Waals surface area contributed by atoms with Crippen molar-refractivity contribution in [3.63, 3.8) is 0 Å². The molecule has 0 spiro atoms. The Balaban J connectivity index is 1.69. The molecule has 1 aliphatic rings. The van der Waals surface area contributed by atoms with Gasteiger partial charge in [0.1, 0.15) is 11.5 Å². The first-order valence-corrected chi connectivity index (χ1v) is 11.6. The number of fused-ring (bicyclic) bond motifs is 1. The van der Waals surface area contributed by atoms with E-state index in [0.717, 1.165) is 4.90 Å². The van der Waals surface area contributed by atoms with Gasteiger partial charge in [0.2, 0.25) is 11.8 Å². The van der Waals surface area contributed by atoms with Crippen LogP contribution in [0.3, 0.4) is 0 Å². The lowest BCUT2D eigenvalue weighted by atomic mass is 10.2. The number of rotatable bonds is 7. The third-order valence-corrected chi connectivity index (χ3v) is 7.41. The van der Waals surface area contributed by atoms with Crippen LogP contribution in [0.5, 0.6) is 11.5 Å². The number of nitrogens with one attached hydrogen (secondary N) is 2. The highest BCUT2D eigenvalue weighted by Gasteiger charge is 2.25. The summed E-state index contributed by atoms with van der Waals surface area (Å²) in [5.41, 5.74) is 0.858. The molecule has 0 bridgehead atoms. The van der Waals surface area contributed by atoms with Crippen LogP contribution in [0.2, 0.25) is 0 Å². The smallest absolute Gasteiger partial charge is 0.237 e. The molecule has 0 aromatic heterocycles. The molecule has 0 saturated carbocycles. The lowest BCUT2D eigenvalue weighted by molar-refractivity contribution is -0.116. The van der Waals surface area contributed by atoms with Crippen LogP contribution in [-0.2, 0) is 19.4 Å². The van der Waals surface area contributed by atoms with Crippen molar-refractivity contribution < 1.29 is 27.5 Å². The molecule has 30 heavy (non-hydrogen) atoms. The highest BCUT2D eigenvalue weighted by molar-refractivity contribution is 8.01. The molecule has 2 N–H and O–H groups in total. The maximum atomic E-state index is 12.7. The Kier molecular flexibility index (Phi) is 6.57. The zero-order chi connectivity index (χ0) is 21.9. The predicted molar refractivity (Wildman–Crippen MR) is 115 cm³/mol. The molecule has 0 fully saturated rings. The average molecular weight is 451 g/mol. The minimum atomic E-state index is -3.72. The Labute approximate surface area is 179 Å². The molecule has 160 valence electrons. The Morgan fingerprint density at radius 1 is 1.17 bits per heavy atom. The SMILES string of the molecule is COc1ccc(OC)c(NC(=O)CCS(=O)(=O)c2ccc3c(c2)NC(=O)[C@@H](C)S3)c1. The molecular formula is C20H22N2O6S2. The lowest BCUT2D eigenvalue weighted by Gasteiger charge is -2.21. The quantitative estimate of drug-likeness (QED) is 0.667. The number of amides is 2. The fourth-order valence-electron chi connectivity index (χ4n) is 2.85. The van der Waals surface area contributed by atoms with Crippen molar-refractivity contribution in [2.75, 3.05) is 30.6 Å². The second kappa shape index (κ2) is 8.97. The van der Waals surface area contributed by atoms with Gasteiger partial charge < -0.3 is 20.1 Å². The number of sulfone groups is 1. The van der Waals surface area contributed by atoms with Crippen LogP contribution < -0.4 is 20.1 Å². The maximum Gasteiger partial charge on any atom is 0.237 e. The van der Waals surface area contributed by atoms with E-state index in [1.807, 2.05) is 0 Å². The van der Waals surface area contributed by atoms with Gasteiger partial charge in [-0.3, -0.25) is 9.59 Å². The van der Waals surface area contributed by atoms with Gasteiger partial charge in [0, 0.05) is 17.4 Å². The van der Waals surface area contributed by atoms with E-state index in [1.54, 1.807) is 31.2 Å². The number of ether oxygens (including phenoxy) is 2. The van der Waals surface area contributed by atoms with Crippen LogP contribution in [0.1, 0.15) is 13.3 Å². The maximum absolute atomic E-state index is 12.7. The molecule has 1 atom stereocenters. The number of hydrogen-bond donors (Lipinski definition) is 2. The van der Waals surface area contributed by atoms with E-state index in [-0.39, 0.29) is 28.2 Å². The van der Waals surface area contributed by atoms with Gasteiger partial charge in [0.25, 0.3) is 0 Å². The third kappa shape index (κ3) is 4.88. The van der Waals surface area contributed by atoms with E-state index in [9.17, 15) is 18.0 Å². The fourth-order valence-corrected chi connectivity index (χ4v) is 5.04. The number of benzene rings is 2. The van der Waals surface area contributed by atoms with Crippen molar-refractivity contribution in [2.45, 2.75) is 28.4 Å². The molecule has 1 aliphatic heterocycles. The van der Waals surface area contributed by atoms with Crippen LogP contribution in [-0.4, -0.2) is 45.5 Å². The molecule has 8 nitrogen and oxygen atoms in total. The van der Waals surface area contributed by atoms with Gasteiger partial charge in [-0.05, 0) is 37.3 Å². The van der Waals surface area contributed by atoms with E-state index in [4.69, 9.17) is 9.47 Å². The van der Waals surface area contributed by atoms with Gasteiger partial charge in [-0.1, -0.05) is 0 Å². The Hall–Kier alpha value is -2.72. The average Bonchev–Trinajstić information content (AvgIpc) is 2.72. The fraction of sp³-hybridized carbons (Fsp3) is 0.300. The zero-order valence-corrected chi connectivity index (χ0v) is 18.4. The monoisotopic (exact) mass is 450 g/mol. The number of anilines is 2. The van der Waals surface area contributed by atoms with Crippen molar-refractivity contribution in [3.05, 3.63) is 36.4 Å². The van der Waals surface area contributed by atoms with Crippen LogP contribution in [0, 0.1) is 0 Å². The lowest BCUT2D eigenvalue weighted by Crippen LogP contribution is -2.26. The summed E-state index contributed by atoms with van der Waals surface area (Å²) < 4.78 is 35.7. The standard InChI is InChI=1S/C20H22N2O6S2/c1-12-20(24)22-16-11-14(5-7-18(16)29-12)30(25,26)9-8-19(23)21-15-10-13(27-2)4-6-17(15)28-3/h4-7,10-12H,8-9H2,1-3H3,(H,21,23)(H,22,24)/t12-/m1/s1. The number of carbonyl (C=O) groups is 2. The summed E-state index contributed by atoms with van der Waals surface area (Å²) in [6, 6.07) is 9.52. The summed E-state index contributed by atoms with van der Waals surface area (Å²) in [6.45, 7) is 1.78. The molecule has 2 aromatic carbocycles. The van der Waals surface area contributed by atoms with Gasteiger partial charge in [-0.2, -0.15) is 0 Å². The van der Waals surface area contributed by atoms with Crippen LogP contribution >= 0.6 is 11.8 Å². The van der Waals surface area contributed by atoms with Crippen molar-refractivity contribution in [1.29, 1.82) is 0 Å². The molecule has 0 saturated heterocycles. The van der Waals surface area contributed by atoms with Crippen molar-refractivity contribution in [1.82, 2.24) is 0 Å². The van der Waals surface area contributed by atoms with E-state index in [2.05, 4.69) is 10.6 Å². The van der Waals surface area contributed by atoms with Crippen molar-refractivity contribution in [3.8, 4) is 11.5 Å². The van der Waals surface area contributed by atoms with E-state index in [0.29, 0.717) is 22.9 Å². The Bertz CT molecular complexity index is 1080. The zero-order valence-electron chi connectivity index (χ0n) is 16.7. The number of hydrogen-bond acceptors (Lipinski definition) is 7. The molecule has 0 unspecified atom stereocenters. The molecule has 0 radical (unpaired) electrons. The topological polar surface area (TPSA) is 111 Å². The third-order valence-electron chi connectivity index (χ3n) is 4.52. The summed E-state index contributed by atoms with van der Waals surface area (Å²) in [4.78, 5) is 25.1. The van der Waals surface area contributed by atoms with Crippen molar-refractivity contribution >= 4 is 44.8 Å². The molecule has 3 rings (SSSR count). The molecule has 10 heteroatoms. The van der Waals surface area contributed by atoms with Gasteiger partial charge in [0.15, 0.2) is 9.84 Å². The number of carbonyl (C=O) groups excluding carboxylic acids is 2. The highest BCUT2D eigenvalue weighted by atomic mass is 32.2. The Morgan fingerprint density at radius 2 is 1.93 bits per heavy atom. The van der Waals surface area contributed by atoms with Crippen LogP contribution in [0.25, 0.3) is 0 Å². The summed E-state index contributed by atoms with van der Waals surface area (Å²) in [5, 5.41) is 5.13. The first-order chi connectivity index (χ1) is 14.2. The predicted octanol–water partition coefficient (Wildman–Crippen LogP) is 2.94. The van der Waals surface area contributed by atoms with Gasteiger partial charge in [0.05, 0.1) is 41.5 Å². The second-order valence-electron chi connectivity index (χ2n) is 6.59. The van der Waals surface area contributed by atoms with E-state index in [1.165, 1.54) is 38.1 Å². The Morgan fingerprint density at radius 3 is 2.63 bits per heavy atom. The summed E-state index contributed by atoms with van der Waals surface area (Å²) in [5.74, 6) is -0.0536. The molecular weight excluding hydrogens is 428 g/mol. The van der Waals surface area contributed by atoms with Crippen LogP contribution in [0.4, 0.5) is 11.4 Å². The molecule has 1 heterocycles. The summed E-state index contributed by atoms with van der Waals surface area (Å²) in [7, 11) is -0.750. The molecule has 2 aromatic rings. The highest BCUT2D eigenvalue weighted by Crippen LogP contribution is 2.37. The largest absolute Gasteiger partial charge is 0.497 e. The second-order valence-corrected chi connectivity index (χ2v) is 10.1. The van der Waals surface area contributed by atoms with Gasteiger partial charge >= 0.3 is 0 Å². The molecule has 0 aliphatic carbocycles. The molecule has 2 amide bonds. The number of thioether (sulfide) groups is 1. The van der Waals surface area contributed by atoms with E-state index >= 15 is 0 Å². The summed E-state index contributed by atoms with van der Waals surface area (Å²) >= 11 is 1.37. The minimum Gasteiger partial charge on any atom is -0.497 e. The number of methoxy groups -OCH3 is 2.